The van der Waals surface area contributed by atoms with Crippen LogP contribution in [0.3, 0.4) is 0 Å². The molecule has 1 aromatic rings. The summed E-state index contributed by atoms with van der Waals surface area (Å²) >= 11 is 0. The molecule has 1 saturated carbocycles. The first-order valence-electron chi connectivity index (χ1n) is 9.95. The molecule has 0 bridgehead atoms. The van der Waals surface area contributed by atoms with E-state index in [4.69, 9.17) is 9.47 Å². The third kappa shape index (κ3) is 3.83. The molecular formula is C20H31N3O2. The van der Waals surface area contributed by atoms with Gasteiger partial charge in [0.15, 0.2) is 0 Å². The van der Waals surface area contributed by atoms with Gasteiger partial charge < -0.3 is 19.7 Å². The van der Waals surface area contributed by atoms with Gasteiger partial charge in [-0.2, -0.15) is 0 Å². The molecule has 0 amide bonds. The van der Waals surface area contributed by atoms with Crippen LogP contribution in [-0.2, 0) is 16.0 Å². The fourth-order valence-electron chi connectivity index (χ4n) is 4.81. The summed E-state index contributed by atoms with van der Waals surface area (Å²) in [6, 6.07) is 4.85. The van der Waals surface area contributed by atoms with Gasteiger partial charge in [0, 0.05) is 49.5 Å². The Morgan fingerprint density at radius 1 is 1.12 bits per heavy atom. The van der Waals surface area contributed by atoms with Gasteiger partial charge in [-0.3, -0.25) is 0 Å². The lowest BCUT2D eigenvalue weighted by Gasteiger charge is -2.47. The summed E-state index contributed by atoms with van der Waals surface area (Å²) in [4.78, 5) is 7.04. The summed E-state index contributed by atoms with van der Waals surface area (Å²) in [5, 5.41) is 3.90. The van der Waals surface area contributed by atoms with Crippen molar-refractivity contribution < 1.29 is 9.47 Å². The minimum absolute atomic E-state index is 0.359. The molecule has 0 radical (unpaired) electrons. The molecule has 0 unspecified atom stereocenters. The van der Waals surface area contributed by atoms with Crippen molar-refractivity contribution in [3.63, 3.8) is 0 Å². The van der Waals surface area contributed by atoms with E-state index in [1.807, 2.05) is 6.20 Å². The van der Waals surface area contributed by atoms with Gasteiger partial charge in [0.1, 0.15) is 5.82 Å². The van der Waals surface area contributed by atoms with Gasteiger partial charge >= 0.3 is 0 Å². The second-order valence-electron chi connectivity index (χ2n) is 7.78. The Kier molecular flexibility index (Phi) is 5.54. The molecule has 25 heavy (non-hydrogen) atoms. The Hall–Kier alpha value is -1.17. The Labute approximate surface area is 151 Å². The normalized spacial score (nSPS) is 26.7. The highest BCUT2D eigenvalue weighted by atomic mass is 16.5. The number of hydrogen-bond acceptors (Lipinski definition) is 5. The van der Waals surface area contributed by atoms with Crippen molar-refractivity contribution in [1.29, 1.82) is 0 Å². The Bertz CT molecular complexity index is 545. The largest absolute Gasteiger partial charge is 0.381 e. The van der Waals surface area contributed by atoms with Crippen LogP contribution >= 0.6 is 0 Å². The zero-order valence-corrected chi connectivity index (χ0v) is 15.2. The fraction of sp³-hybridized carbons (Fsp3) is 0.750. The summed E-state index contributed by atoms with van der Waals surface area (Å²) < 4.78 is 11.4. The van der Waals surface area contributed by atoms with Crippen molar-refractivity contribution in [3.8, 4) is 0 Å². The molecule has 5 nitrogen and oxygen atoms in total. The molecule has 1 aliphatic carbocycles. The van der Waals surface area contributed by atoms with Gasteiger partial charge in [-0.15, -0.1) is 0 Å². The highest BCUT2D eigenvalue weighted by Crippen LogP contribution is 2.42. The maximum absolute atomic E-state index is 5.89. The summed E-state index contributed by atoms with van der Waals surface area (Å²) in [6.45, 7) is 6.19. The van der Waals surface area contributed by atoms with Crippen LogP contribution in [0.2, 0.25) is 0 Å². The maximum atomic E-state index is 5.89. The number of anilines is 1. The summed E-state index contributed by atoms with van der Waals surface area (Å²) in [5.74, 6) is 1.13. The van der Waals surface area contributed by atoms with Crippen molar-refractivity contribution in [2.24, 2.45) is 5.41 Å². The van der Waals surface area contributed by atoms with E-state index < -0.39 is 0 Å². The number of ether oxygens (including phenoxy) is 2. The van der Waals surface area contributed by atoms with Crippen LogP contribution < -0.4 is 10.2 Å². The molecule has 3 heterocycles. The van der Waals surface area contributed by atoms with E-state index in [1.54, 1.807) is 0 Å². The molecule has 2 saturated heterocycles. The van der Waals surface area contributed by atoms with Gasteiger partial charge in [-0.05, 0) is 25.3 Å². The predicted molar refractivity (Wildman–Crippen MR) is 98.9 cm³/mol. The van der Waals surface area contributed by atoms with E-state index in [2.05, 4.69) is 27.3 Å². The average molecular weight is 345 g/mol. The molecule has 1 spiro atoms. The molecule has 1 N–H and O–H groups in total. The maximum Gasteiger partial charge on any atom is 0.133 e. The Morgan fingerprint density at radius 2 is 1.96 bits per heavy atom. The first-order chi connectivity index (χ1) is 12.4. The number of nitrogens with zero attached hydrogens (tertiary/aromatic N) is 2. The van der Waals surface area contributed by atoms with E-state index >= 15 is 0 Å². The first kappa shape index (κ1) is 17.3. The molecule has 0 aromatic carbocycles. The molecule has 5 heteroatoms. The summed E-state index contributed by atoms with van der Waals surface area (Å²) in [7, 11) is 0. The molecule has 138 valence electrons. The second-order valence-corrected chi connectivity index (χ2v) is 7.78. The number of nitrogens with one attached hydrogen (secondary N) is 1. The van der Waals surface area contributed by atoms with Crippen LogP contribution in [0.15, 0.2) is 18.3 Å². The van der Waals surface area contributed by atoms with E-state index in [1.165, 1.54) is 37.7 Å². The topological polar surface area (TPSA) is 46.6 Å². The minimum Gasteiger partial charge on any atom is -0.381 e. The van der Waals surface area contributed by atoms with Gasteiger partial charge in [0.2, 0.25) is 0 Å². The monoisotopic (exact) mass is 345 g/mol. The van der Waals surface area contributed by atoms with Crippen molar-refractivity contribution in [3.05, 3.63) is 23.9 Å². The number of aromatic nitrogens is 1. The minimum atomic E-state index is 0.359. The second kappa shape index (κ2) is 8.02. The van der Waals surface area contributed by atoms with E-state index in [-0.39, 0.29) is 0 Å². The van der Waals surface area contributed by atoms with Crippen LogP contribution in [0.5, 0.6) is 0 Å². The van der Waals surface area contributed by atoms with Crippen molar-refractivity contribution in [2.75, 3.05) is 44.4 Å². The predicted octanol–water partition coefficient (Wildman–Crippen LogP) is 2.75. The quantitative estimate of drug-likeness (QED) is 0.909. The van der Waals surface area contributed by atoms with Crippen molar-refractivity contribution in [1.82, 2.24) is 10.3 Å². The summed E-state index contributed by atoms with van der Waals surface area (Å²) in [5.41, 5.74) is 1.67. The van der Waals surface area contributed by atoms with Gasteiger partial charge in [-0.25, -0.2) is 4.98 Å². The molecular weight excluding hydrogens is 314 g/mol. The van der Waals surface area contributed by atoms with E-state index in [9.17, 15) is 0 Å². The SMILES string of the molecule is c1cnc(N2CCOCC2)c(CN[C@H]2CCOCC23CCCCC3)c1. The zero-order valence-electron chi connectivity index (χ0n) is 15.2. The van der Waals surface area contributed by atoms with Crippen LogP contribution in [0.25, 0.3) is 0 Å². The van der Waals surface area contributed by atoms with Crippen LogP contribution in [0.4, 0.5) is 5.82 Å². The van der Waals surface area contributed by atoms with Gasteiger partial charge in [-0.1, -0.05) is 25.3 Å². The molecule has 4 rings (SSSR count). The molecule has 1 atom stereocenters. The highest BCUT2D eigenvalue weighted by molar-refractivity contribution is 5.47. The number of pyridine rings is 1. The molecule has 1 aromatic heterocycles. The molecule has 3 aliphatic rings. The Morgan fingerprint density at radius 3 is 2.80 bits per heavy atom. The fourth-order valence-corrected chi connectivity index (χ4v) is 4.81. The first-order valence-corrected chi connectivity index (χ1v) is 9.95. The van der Waals surface area contributed by atoms with E-state index in [0.717, 1.165) is 58.3 Å². The lowest BCUT2D eigenvalue weighted by molar-refractivity contribution is -0.0537. The molecule has 3 fully saturated rings. The summed E-state index contributed by atoms with van der Waals surface area (Å²) in [6.07, 6.45) is 9.76. The Balaban J connectivity index is 1.45. The third-order valence-corrected chi connectivity index (χ3v) is 6.25. The highest BCUT2D eigenvalue weighted by Gasteiger charge is 2.42. The lowest BCUT2D eigenvalue weighted by Crippen LogP contribution is -2.52. The zero-order chi connectivity index (χ0) is 17.0. The molecule has 2 aliphatic heterocycles. The van der Waals surface area contributed by atoms with Crippen molar-refractivity contribution in [2.45, 2.75) is 51.1 Å². The number of morpholine rings is 1. The standard InChI is InChI=1S/C20H31N3O2/c1-2-7-20(8-3-1)16-25-12-6-18(20)22-15-17-5-4-9-21-19(17)23-10-13-24-14-11-23/h4-5,9,18,22H,1-3,6-8,10-16H2/t18-/m0/s1. The van der Waals surface area contributed by atoms with Gasteiger partial charge in [0.25, 0.3) is 0 Å². The van der Waals surface area contributed by atoms with Crippen molar-refractivity contribution >= 4 is 5.82 Å². The van der Waals surface area contributed by atoms with E-state index in [0.29, 0.717) is 11.5 Å². The lowest BCUT2D eigenvalue weighted by atomic mass is 9.67. The van der Waals surface area contributed by atoms with Crippen LogP contribution in [-0.4, -0.2) is 50.5 Å². The average Bonchev–Trinajstić information content (AvgIpc) is 2.69. The number of hydrogen-bond donors (Lipinski definition) is 1. The van der Waals surface area contributed by atoms with Crippen LogP contribution in [0, 0.1) is 5.41 Å². The smallest absolute Gasteiger partial charge is 0.133 e. The number of rotatable bonds is 4. The van der Waals surface area contributed by atoms with Gasteiger partial charge in [0.05, 0.1) is 19.8 Å². The third-order valence-electron chi connectivity index (χ3n) is 6.25. The van der Waals surface area contributed by atoms with Crippen LogP contribution in [0.1, 0.15) is 44.1 Å².